The average molecular weight is 390 g/mol. The summed E-state index contributed by atoms with van der Waals surface area (Å²) in [6.45, 7) is 3.42. The Bertz CT molecular complexity index is 1170. The van der Waals surface area contributed by atoms with Crippen LogP contribution in [-0.2, 0) is 4.79 Å². The SMILES string of the molecule is CC(=O)Nc1ccc(Sc2nc(-n3ccc(C)n3)c3ccc(N)cc3n2)cc1. The first kappa shape index (κ1) is 18.0. The van der Waals surface area contributed by atoms with Gasteiger partial charge in [-0.3, -0.25) is 4.79 Å². The Hall–Kier alpha value is -3.39. The monoisotopic (exact) mass is 390 g/mol. The van der Waals surface area contributed by atoms with E-state index in [1.165, 1.54) is 18.7 Å². The molecule has 0 fully saturated rings. The highest BCUT2D eigenvalue weighted by atomic mass is 32.2. The molecular weight excluding hydrogens is 372 g/mol. The molecule has 2 aromatic heterocycles. The molecular formula is C20H18N6OS. The molecule has 0 radical (unpaired) electrons. The fourth-order valence-electron chi connectivity index (χ4n) is 2.78. The van der Waals surface area contributed by atoms with Gasteiger partial charge in [-0.05, 0) is 67.2 Å². The molecule has 0 spiro atoms. The van der Waals surface area contributed by atoms with Gasteiger partial charge in [0.05, 0.1) is 11.2 Å². The Morgan fingerprint density at radius 1 is 1.11 bits per heavy atom. The van der Waals surface area contributed by atoms with Gasteiger partial charge in [-0.2, -0.15) is 5.10 Å². The predicted octanol–water partition coefficient (Wildman–Crippen LogP) is 3.82. The molecule has 4 rings (SSSR count). The number of nitrogens with two attached hydrogens (primary N) is 1. The second-order valence-corrected chi connectivity index (χ2v) is 7.36. The zero-order valence-corrected chi connectivity index (χ0v) is 16.2. The highest BCUT2D eigenvalue weighted by molar-refractivity contribution is 7.99. The fourth-order valence-corrected chi connectivity index (χ4v) is 3.54. The number of aromatic nitrogens is 4. The van der Waals surface area contributed by atoms with Crippen molar-refractivity contribution in [2.45, 2.75) is 23.9 Å². The van der Waals surface area contributed by atoms with Crippen LogP contribution < -0.4 is 11.1 Å². The summed E-state index contributed by atoms with van der Waals surface area (Å²) in [7, 11) is 0. The molecule has 1 amide bonds. The van der Waals surface area contributed by atoms with Gasteiger partial charge in [-0.25, -0.2) is 14.6 Å². The largest absolute Gasteiger partial charge is 0.399 e. The lowest BCUT2D eigenvalue weighted by Gasteiger charge is -2.09. The summed E-state index contributed by atoms with van der Waals surface area (Å²) in [6, 6.07) is 15.0. The van der Waals surface area contributed by atoms with Crippen LogP contribution in [0.1, 0.15) is 12.6 Å². The molecule has 140 valence electrons. The van der Waals surface area contributed by atoms with Crippen LogP contribution in [-0.4, -0.2) is 25.7 Å². The Morgan fingerprint density at radius 3 is 2.57 bits per heavy atom. The molecule has 3 N–H and O–H groups in total. The summed E-state index contributed by atoms with van der Waals surface area (Å²) in [5.74, 6) is 0.602. The van der Waals surface area contributed by atoms with Crippen molar-refractivity contribution in [1.82, 2.24) is 19.7 Å². The van der Waals surface area contributed by atoms with Crippen LogP contribution in [0.15, 0.2) is 64.8 Å². The van der Waals surface area contributed by atoms with Crippen molar-refractivity contribution in [2.75, 3.05) is 11.1 Å². The summed E-state index contributed by atoms with van der Waals surface area (Å²) in [6.07, 6.45) is 1.88. The summed E-state index contributed by atoms with van der Waals surface area (Å²) in [5, 5.41) is 8.71. The van der Waals surface area contributed by atoms with Crippen LogP contribution in [0.5, 0.6) is 0 Å². The standard InChI is InChI=1S/C20H18N6OS/c1-12-9-10-26(25-12)19-17-8-3-14(21)11-18(17)23-20(24-19)28-16-6-4-15(5-7-16)22-13(2)27/h3-11H,21H2,1-2H3,(H,22,27). The van der Waals surface area contributed by atoms with E-state index in [2.05, 4.69) is 15.4 Å². The number of amides is 1. The smallest absolute Gasteiger partial charge is 0.221 e. The van der Waals surface area contributed by atoms with Crippen LogP contribution in [0.2, 0.25) is 0 Å². The molecule has 0 aliphatic rings. The normalized spacial score (nSPS) is 10.9. The van der Waals surface area contributed by atoms with E-state index >= 15 is 0 Å². The van der Waals surface area contributed by atoms with Gasteiger partial charge < -0.3 is 11.1 Å². The molecule has 8 heteroatoms. The lowest BCUT2D eigenvalue weighted by Crippen LogP contribution is -2.05. The third kappa shape index (κ3) is 3.81. The van der Waals surface area contributed by atoms with E-state index in [4.69, 9.17) is 10.7 Å². The molecule has 0 saturated carbocycles. The summed E-state index contributed by atoms with van der Waals surface area (Å²) < 4.78 is 1.75. The van der Waals surface area contributed by atoms with Gasteiger partial charge in [-0.1, -0.05) is 0 Å². The zero-order valence-electron chi connectivity index (χ0n) is 15.4. The molecule has 2 heterocycles. The van der Waals surface area contributed by atoms with Crippen molar-refractivity contribution >= 4 is 39.9 Å². The number of nitrogens with one attached hydrogen (secondary N) is 1. The van der Waals surface area contributed by atoms with E-state index in [9.17, 15) is 4.79 Å². The number of fused-ring (bicyclic) bond motifs is 1. The van der Waals surface area contributed by atoms with Gasteiger partial charge in [0.15, 0.2) is 11.0 Å². The molecule has 7 nitrogen and oxygen atoms in total. The van der Waals surface area contributed by atoms with Crippen LogP contribution in [0.4, 0.5) is 11.4 Å². The molecule has 0 saturated heterocycles. The molecule has 4 aromatic rings. The molecule has 0 unspecified atom stereocenters. The van der Waals surface area contributed by atoms with Gasteiger partial charge in [-0.15, -0.1) is 0 Å². The Balaban J connectivity index is 1.73. The number of benzene rings is 2. The second kappa shape index (κ2) is 7.32. The minimum atomic E-state index is -0.102. The minimum absolute atomic E-state index is 0.102. The first-order chi connectivity index (χ1) is 13.5. The molecule has 2 aromatic carbocycles. The Morgan fingerprint density at radius 2 is 1.89 bits per heavy atom. The maximum Gasteiger partial charge on any atom is 0.221 e. The first-order valence-corrected chi connectivity index (χ1v) is 9.45. The summed E-state index contributed by atoms with van der Waals surface area (Å²) in [5.41, 5.74) is 9.01. The number of nitrogens with zero attached hydrogens (tertiary/aromatic N) is 4. The van der Waals surface area contributed by atoms with E-state index in [1.54, 1.807) is 4.68 Å². The van der Waals surface area contributed by atoms with Crippen molar-refractivity contribution in [3.8, 4) is 5.82 Å². The highest BCUT2D eigenvalue weighted by Crippen LogP contribution is 2.30. The summed E-state index contributed by atoms with van der Waals surface area (Å²) in [4.78, 5) is 21.5. The lowest BCUT2D eigenvalue weighted by molar-refractivity contribution is -0.114. The molecule has 0 aliphatic carbocycles. The van der Waals surface area contributed by atoms with Crippen molar-refractivity contribution in [2.24, 2.45) is 0 Å². The summed E-state index contributed by atoms with van der Waals surface area (Å²) >= 11 is 1.43. The molecule has 0 aliphatic heterocycles. The lowest BCUT2D eigenvalue weighted by atomic mass is 10.2. The quantitative estimate of drug-likeness (QED) is 0.406. The fraction of sp³-hybridized carbons (Fsp3) is 0.100. The Labute approximate surface area is 166 Å². The number of aryl methyl sites for hydroxylation is 1. The van der Waals surface area contributed by atoms with Gasteiger partial charge in [0, 0.05) is 34.8 Å². The number of carbonyl (C=O) groups excluding carboxylic acids is 1. The van der Waals surface area contributed by atoms with Crippen LogP contribution >= 0.6 is 11.8 Å². The van der Waals surface area contributed by atoms with Gasteiger partial charge in [0.2, 0.25) is 5.91 Å². The number of hydrogen-bond donors (Lipinski definition) is 2. The number of rotatable bonds is 4. The van der Waals surface area contributed by atoms with Gasteiger partial charge in [0.1, 0.15) is 0 Å². The van der Waals surface area contributed by atoms with Crippen molar-refractivity contribution in [3.63, 3.8) is 0 Å². The zero-order chi connectivity index (χ0) is 19.7. The second-order valence-electron chi connectivity index (χ2n) is 6.32. The maximum atomic E-state index is 11.2. The predicted molar refractivity (Wildman–Crippen MR) is 111 cm³/mol. The highest BCUT2D eigenvalue weighted by Gasteiger charge is 2.12. The van der Waals surface area contributed by atoms with E-state index in [1.807, 2.05) is 61.7 Å². The van der Waals surface area contributed by atoms with Crippen molar-refractivity contribution in [1.29, 1.82) is 0 Å². The average Bonchev–Trinajstić information content (AvgIpc) is 3.08. The minimum Gasteiger partial charge on any atom is -0.399 e. The maximum absolute atomic E-state index is 11.2. The first-order valence-electron chi connectivity index (χ1n) is 8.63. The third-order valence-corrected chi connectivity index (χ3v) is 4.88. The van der Waals surface area contributed by atoms with Gasteiger partial charge >= 0.3 is 0 Å². The van der Waals surface area contributed by atoms with Crippen LogP contribution in [0.3, 0.4) is 0 Å². The van der Waals surface area contributed by atoms with E-state index < -0.39 is 0 Å². The number of nitrogen functional groups attached to an aromatic ring is 1. The third-order valence-electron chi connectivity index (χ3n) is 4.00. The molecule has 0 bridgehead atoms. The number of hydrogen-bond acceptors (Lipinski definition) is 6. The van der Waals surface area contributed by atoms with Crippen LogP contribution in [0.25, 0.3) is 16.7 Å². The van der Waals surface area contributed by atoms with E-state index in [-0.39, 0.29) is 5.91 Å². The Kier molecular flexibility index (Phi) is 4.70. The topological polar surface area (TPSA) is 98.7 Å². The van der Waals surface area contributed by atoms with Gasteiger partial charge in [0.25, 0.3) is 0 Å². The molecule has 0 atom stereocenters. The number of anilines is 2. The van der Waals surface area contributed by atoms with E-state index in [0.29, 0.717) is 16.7 Å². The number of carbonyl (C=O) groups is 1. The van der Waals surface area contributed by atoms with Crippen molar-refractivity contribution < 1.29 is 4.79 Å². The van der Waals surface area contributed by atoms with Crippen LogP contribution in [0, 0.1) is 6.92 Å². The van der Waals surface area contributed by atoms with E-state index in [0.717, 1.165) is 27.2 Å². The van der Waals surface area contributed by atoms with Crippen molar-refractivity contribution in [3.05, 3.63) is 60.4 Å². The molecule has 28 heavy (non-hydrogen) atoms.